The Morgan fingerprint density at radius 1 is 1.03 bits per heavy atom. The van der Waals surface area contributed by atoms with Gasteiger partial charge in [-0.1, -0.05) is 30.8 Å². The Labute approximate surface area is 175 Å². The molecule has 0 amide bonds. The van der Waals surface area contributed by atoms with Crippen molar-refractivity contribution in [2.75, 3.05) is 6.54 Å². The maximum Gasteiger partial charge on any atom is 0.160 e. The normalized spacial score (nSPS) is 23.4. The third kappa shape index (κ3) is 2.97. The molecule has 29 heavy (non-hydrogen) atoms. The Kier molecular flexibility index (Phi) is 4.46. The summed E-state index contributed by atoms with van der Waals surface area (Å²) >= 11 is 1.88. The van der Waals surface area contributed by atoms with E-state index in [1.54, 1.807) is 0 Å². The van der Waals surface area contributed by atoms with E-state index < -0.39 is 0 Å². The highest BCUT2D eigenvalue weighted by Gasteiger charge is 2.44. The zero-order valence-corrected chi connectivity index (χ0v) is 18.0. The lowest BCUT2D eigenvalue weighted by atomic mass is 9.96. The van der Waals surface area contributed by atoms with Gasteiger partial charge in [0.25, 0.3) is 0 Å². The van der Waals surface area contributed by atoms with Crippen LogP contribution in [0.5, 0.6) is 0 Å². The van der Waals surface area contributed by atoms with E-state index >= 15 is 0 Å². The summed E-state index contributed by atoms with van der Waals surface area (Å²) in [4.78, 5) is 16.9. The first-order chi connectivity index (χ1) is 14.0. The molecule has 3 aromatic heterocycles. The average molecular weight is 404 g/mol. The molecule has 0 spiro atoms. The summed E-state index contributed by atoms with van der Waals surface area (Å²) in [5, 5.41) is 1.71. The standard InChI is InChI=1S/C23H25N5S/c1-14-8-7-11-25-22(14)28-15(2)12-18(17(28)4)21-20(19-9-5-6-10-24-19)26-23-27(21)13-16(3)29-23/h5-12,16,20-21H,13H2,1-4H3. The Morgan fingerprint density at radius 2 is 1.86 bits per heavy atom. The van der Waals surface area contributed by atoms with Crippen molar-refractivity contribution in [1.29, 1.82) is 0 Å². The summed E-state index contributed by atoms with van der Waals surface area (Å²) < 4.78 is 2.28. The third-order valence-electron chi connectivity index (χ3n) is 5.86. The highest BCUT2D eigenvalue weighted by molar-refractivity contribution is 8.14. The zero-order chi connectivity index (χ0) is 20.1. The Hall–Kier alpha value is -2.60. The highest BCUT2D eigenvalue weighted by Crippen LogP contribution is 2.48. The van der Waals surface area contributed by atoms with E-state index in [9.17, 15) is 0 Å². The zero-order valence-electron chi connectivity index (χ0n) is 17.2. The number of thioether (sulfide) groups is 1. The van der Waals surface area contributed by atoms with Gasteiger partial charge in [-0.05, 0) is 56.2 Å². The topological polar surface area (TPSA) is 46.3 Å². The van der Waals surface area contributed by atoms with Crippen molar-refractivity contribution in [2.45, 2.75) is 45.0 Å². The van der Waals surface area contributed by atoms with Crippen LogP contribution >= 0.6 is 11.8 Å². The fourth-order valence-electron chi connectivity index (χ4n) is 4.58. The quantitative estimate of drug-likeness (QED) is 0.631. The fraction of sp³-hybridized carbons (Fsp3) is 0.348. The minimum atomic E-state index is 0.0185. The van der Waals surface area contributed by atoms with E-state index in [1.165, 1.54) is 22.5 Å². The second-order valence-corrected chi connectivity index (χ2v) is 9.35. The van der Waals surface area contributed by atoms with Crippen molar-refractivity contribution in [1.82, 2.24) is 19.4 Å². The van der Waals surface area contributed by atoms with Gasteiger partial charge in [-0.3, -0.25) is 9.98 Å². The number of aliphatic imine (C=N–C) groups is 1. The van der Waals surface area contributed by atoms with Crippen LogP contribution in [0.15, 0.2) is 53.8 Å². The van der Waals surface area contributed by atoms with Crippen LogP contribution in [0, 0.1) is 20.8 Å². The monoisotopic (exact) mass is 403 g/mol. The first kappa shape index (κ1) is 18.4. The third-order valence-corrected chi connectivity index (χ3v) is 6.97. The van der Waals surface area contributed by atoms with Gasteiger partial charge in [-0.25, -0.2) is 4.98 Å². The van der Waals surface area contributed by atoms with Crippen LogP contribution in [0.25, 0.3) is 5.82 Å². The maximum absolute atomic E-state index is 5.12. The number of rotatable bonds is 3. The molecule has 148 valence electrons. The predicted octanol–water partition coefficient (Wildman–Crippen LogP) is 4.78. The molecule has 3 aromatic rings. The van der Waals surface area contributed by atoms with Crippen LogP contribution < -0.4 is 0 Å². The van der Waals surface area contributed by atoms with Crippen molar-refractivity contribution in [2.24, 2.45) is 4.99 Å². The summed E-state index contributed by atoms with van der Waals surface area (Å²) in [6.45, 7) is 9.78. The number of aromatic nitrogens is 3. The van der Waals surface area contributed by atoms with Gasteiger partial charge in [0.2, 0.25) is 0 Å². The molecule has 3 unspecified atom stereocenters. The van der Waals surface area contributed by atoms with E-state index in [0.717, 1.165) is 23.2 Å². The minimum Gasteiger partial charge on any atom is -0.341 e. The van der Waals surface area contributed by atoms with Crippen LogP contribution in [-0.2, 0) is 0 Å². The molecule has 5 rings (SSSR count). The highest BCUT2D eigenvalue weighted by atomic mass is 32.2. The summed E-state index contributed by atoms with van der Waals surface area (Å²) in [7, 11) is 0. The van der Waals surface area contributed by atoms with Crippen molar-refractivity contribution in [3.63, 3.8) is 0 Å². The largest absolute Gasteiger partial charge is 0.341 e. The van der Waals surface area contributed by atoms with E-state index in [1.807, 2.05) is 36.3 Å². The van der Waals surface area contributed by atoms with Crippen molar-refractivity contribution in [3.05, 3.63) is 77.0 Å². The molecule has 0 aliphatic carbocycles. The van der Waals surface area contributed by atoms with Gasteiger partial charge in [0.15, 0.2) is 5.17 Å². The Balaban J connectivity index is 1.64. The number of amidine groups is 1. The van der Waals surface area contributed by atoms with Crippen LogP contribution in [0.4, 0.5) is 0 Å². The summed E-state index contributed by atoms with van der Waals surface area (Å²) in [6, 6.07) is 12.7. The molecule has 6 heteroatoms. The van der Waals surface area contributed by atoms with Gasteiger partial charge in [0.1, 0.15) is 11.9 Å². The molecule has 5 nitrogen and oxygen atoms in total. The lowest BCUT2D eigenvalue weighted by molar-refractivity contribution is 0.320. The van der Waals surface area contributed by atoms with Gasteiger partial charge < -0.3 is 9.47 Å². The van der Waals surface area contributed by atoms with E-state index in [4.69, 9.17) is 4.99 Å². The van der Waals surface area contributed by atoms with Crippen LogP contribution in [0.2, 0.25) is 0 Å². The summed E-state index contributed by atoms with van der Waals surface area (Å²) in [5.41, 5.74) is 5.96. The molecular formula is C23H25N5S. The second kappa shape index (κ2) is 7.02. The summed E-state index contributed by atoms with van der Waals surface area (Å²) in [5.74, 6) is 1.01. The first-order valence-electron chi connectivity index (χ1n) is 10.1. The number of nitrogens with zero attached hydrogens (tertiary/aromatic N) is 5. The van der Waals surface area contributed by atoms with Crippen LogP contribution in [0.1, 0.15) is 47.2 Å². The molecular weight excluding hydrogens is 378 g/mol. The summed E-state index contributed by atoms with van der Waals surface area (Å²) in [6.07, 6.45) is 3.74. The van der Waals surface area contributed by atoms with Gasteiger partial charge in [-0.2, -0.15) is 0 Å². The molecule has 5 heterocycles. The molecule has 1 fully saturated rings. The van der Waals surface area contributed by atoms with E-state index in [2.05, 4.69) is 71.4 Å². The van der Waals surface area contributed by atoms with E-state index in [0.29, 0.717) is 5.25 Å². The first-order valence-corrected chi connectivity index (χ1v) is 11.0. The number of hydrogen-bond acceptors (Lipinski definition) is 5. The van der Waals surface area contributed by atoms with Gasteiger partial charge in [0.05, 0.1) is 11.7 Å². The smallest absolute Gasteiger partial charge is 0.160 e. The lowest BCUT2D eigenvalue weighted by Crippen LogP contribution is -2.29. The predicted molar refractivity (Wildman–Crippen MR) is 119 cm³/mol. The Morgan fingerprint density at radius 3 is 2.62 bits per heavy atom. The Bertz CT molecular complexity index is 1090. The molecule has 0 saturated carbocycles. The van der Waals surface area contributed by atoms with Crippen LogP contribution in [-0.4, -0.2) is 36.4 Å². The SMILES string of the molecule is Cc1cccnc1-n1c(C)cc(C2C(c3ccccn3)N=C3SC(C)CN32)c1C. The molecule has 1 saturated heterocycles. The second-order valence-electron chi connectivity index (χ2n) is 7.94. The fourth-order valence-corrected chi connectivity index (χ4v) is 5.67. The lowest BCUT2D eigenvalue weighted by Gasteiger charge is -2.27. The molecule has 2 aliphatic heterocycles. The van der Waals surface area contributed by atoms with Gasteiger partial charge in [0, 0.05) is 35.6 Å². The molecule has 0 N–H and O–H groups in total. The number of aryl methyl sites for hydroxylation is 2. The molecule has 0 aromatic carbocycles. The van der Waals surface area contributed by atoms with Crippen molar-refractivity contribution in [3.8, 4) is 5.82 Å². The minimum absolute atomic E-state index is 0.0185. The van der Waals surface area contributed by atoms with Crippen LogP contribution in [0.3, 0.4) is 0 Å². The number of hydrogen-bond donors (Lipinski definition) is 0. The van der Waals surface area contributed by atoms with Gasteiger partial charge >= 0.3 is 0 Å². The number of pyridine rings is 2. The van der Waals surface area contributed by atoms with Crippen molar-refractivity contribution >= 4 is 16.9 Å². The van der Waals surface area contributed by atoms with Gasteiger partial charge in [-0.15, -0.1) is 0 Å². The molecule has 3 atom stereocenters. The average Bonchev–Trinajstić information content (AvgIpc) is 3.33. The maximum atomic E-state index is 5.12. The van der Waals surface area contributed by atoms with Crippen molar-refractivity contribution < 1.29 is 0 Å². The molecule has 0 radical (unpaired) electrons. The number of fused-ring (bicyclic) bond motifs is 1. The molecule has 2 aliphatic rings. The van der Waals surface area contributed by atoms with E-state index in [-0.39, 0.29) is 12.1 Å². The molecule has 0 bridgehead atoms.